The van der Waals surface area contributed by atoms with Crippen LogP contribution in [0, 0.1) is 6.92 Å². The summed E-state index contributed by atoms with van der Waals surface area (Å²) >= 11 is 0. The number of hydrogen-bond donors (Lipinski definition) is 1. The van der Waals surface area contributed by atoms with E-state index in [9.17, 15) is 4.79 Å². The van der Waals surface area contributed by atoms with Gasteiger partial charge in [0.1, 0.15) is 17.7 Å². The molecule has 5 heteroatoms. The van der Waals surface area contributed by atoms with Crippen molar-refractivity contribution >= 4 is 11.7 Å². The van der Waals surface area contributed by atoms with E-state index in [-0.39, 0.29) is 11.9 Å². The van der Waals surface area contributed by atoms with Gasteiger partial charge < -0.3 is 10.2 Å². The van der Waals surface area contributed by atoms with Crippen molar-refractivity contribution in [1.29, 1.82) is 0 Å². The van der Waals surface area contributed by atoms with E-state index in [1.54, 1.807) is 0 Å². The second-order valence-corrected chi connectivity index (χ2v) is 6.02. The first-order valence-corrected chi connectivity index (χ1v) is 8.11. The van der Waals surface area contributed by atoms with Gasteiger partial charge in [-0.1, -0.05) is 13.3 Å². The molecule has 1 aromatic rings. The Balaban J connectivity index is 2.01. The SMILES string of the molecule is CCCC1C(=O)NCCN1c1nc(C)nc2c1CCCC2. The van der Waals surface area contributed by atoms with Crippen molar-refractivity contribution in [2.45, 2.75) is 58.4 Å². The lowest BCUT2D eigenvalue weighted by molar-refractivity contribution is -0.123. The number of amides is 1. The Kier molecular flexibility index (Phi) is 4.08. The van der Waals surface area contributed by atoms with Crippen LogP contribution in [0.25, 0.3) is 0 Å². The molecule has 1 saturated heterocycles. The van der Waals surface area contributed by atoms with E-state index in [0.717, 1.165) is 43.9 Å². The van der Waals surface area contributed by atoms with E-state index < -0.39 is 0 Å². The molecule has 5 nitrogen and oxygen atoms in total. The second-order valence-electron chi connectivity index (χ2n) is 6.02. The van der Waals surface area contributed by atoms with Crippen molar-refractivity contribution < 1.29 is 4.79 Å². The standard InChI is InChI=1S/C16H24N4O/c1-3-6-14-16(21)17-9-10-20(14)15-12-7-4-5-8-13(12)18-11(2)19-15/h14H,3-10H2,1-2H3,(H,17,21). The number of carbonyl (C=O) groups is 1. The van der Waals surface area contributed by atoms with E-state index in [2.05, 4.69) is 22.1 Å². The van der Waals surface area contributed by atoms with Gasteiger partial charge in [0, 0.05) is 24.3 Å². The van der Waals surface area contributed by atoms with Crippen LogP contribution in [0.3, 0.4) is 0 Å². The Morgan fingerprint density at radius 1 is 1.29 bits per heavy atom. The molecule has 0 radical (unpaired) electrons. The molecule has 114 valence electrons. The van der Waals surface area contributed by atoms with Gasteiger partial charge >= 0.3 is 0 Å². The molecular weight excluding hydrogens is 264 g/mol. The maximum absolute atomic E-state index is 12.2. The van der Waals surface area contributed by atoms with E-state index in [0.29, 0.717) is 6.54 Å². The van der Waals surface area contributed by atoms with Crippen LogP contribution in [0.2, 0.25) is 0 Å². The number of carbonyl (C=O) groups excluding carboxylic acids is 1. The van der Waals surface area contributed by atoms with Gasteiger partial charge in [-0.15, -0.1) is 0 Å². The third-order valence-electron chi connectivity index (χ3n) is 4.44. The van der Waals surface area contributed by atoms with E-state index in [1.165, 1.54) is 24.1 Å². The minimum absolute atomic E-state index is 0.0796. The Bertz CT molecular complexity index is 543. The van der Waals surface area contributed by atoms with Crippen molar-refractivity contribution in [3.8, 4) is 0 Å². The van der Waals surface area contributed by atoms with Crippen LogP contribution in [-0.2, 0) is 17.6 Å². The van der Waals surface area contributed by atoms with Crippen molar-refractivity contribution in [3.63, 3.8) is 0 Å². The number of nitrogens with one attached hydrogen (secondary N) is 1. The molecular formula is C16H24N4O. The van der Waals surface area contributed by atoms with Crippen molar-refractivity contribution in [2.24, 2.45) is 0 Å². The Morgan fingerprint density at radius 3 is 2.90 bits per heavy atom. The third-order valence-corrected chi connectivity index (χ3v) is 4.44. The summed E-state index contributed by atoms with van der Waals surface area (Å²) in [7, 11) is 0. The van der Waals surface area contributed by atoms with Gasteiger partial charge in [0.05, 0.1) is 0 Å². The van der Waals surface area contributed by atoms with Crippen LogP contribution in [0.4, 0.5) is 5.82 Å². The highest BCUT2D eigenvalue weighted by molar-refractivity contribution is 5.86. The van der Waals surface area contributed by atoms with Crippen LogP contribution in [-0.4, -0.2) is 35.0 Å². The van der Waals surface area contributed by atoms with Crippen LogP contribution >= 0.6 is 0 Å². The van der Waals surface area contributed by atoms with Crippen LogP contribution < -0.4 is 10.2 Å². The van der Waals surface area contributed by atoms with Gasteiger partial charge in [0.2, 0.25) is 5.91 Å². The molecule has 1 aliphatic carbocycles. The third kappa shape index (κ3) is 2.74. The normalized spacial score (nSPS) is 21.9. The van der Waals surface area contributed by atoms with Gasteiger partial charge in [-0.05, 0) is 39.0 Å². The molecule has 2 aliphatic rings. The molecule has 0 bridgehead atoms. The first-order chi connectivity index (χ1) is 10.2. The molecule has 0 spiro atoms. The van der Waals surface area contributed by atoms with Crippen LogP contribution in [0.5, 0.6) is 0 Å². The zero-order valence-electron chi connectivity index (χ0n) is 13.0. The summed E-state index contributed by atoms with van der Waals surface area (Å²) in [6, 6.07) is -0.0796. The molecule has 1 aliphatic heterocycles. The molecule has 1 amide bonds. The Labute approximate surface area is 126 Å². The fourth-order valence-electron chi connectivity index (χ4n) is 3.46. The smallest absolute Gasteiger partial charge is 0.242 e. The molecule has 1 unspecified atom stereocenters. The number of anilines is 1. The van der Waals surface area contributed by atoms with Crippen LogP contribution in [0.15, 0.2) is 0 Å². The number of rotatable bonds is 3. The number of aryl methyl sites for hydroxylation is 2. The molecule has 1 atom stereocenters. The van der Waals surface area contributed by atoms with Gasteiger partial charge in [0.25, 0.3) is 0 Å². The average Bonchev–Trinajstić information content (AvgIpc) is 2.48. The predicted octanol–water partition coefficient (Wildman–Crippen LogP) is 1.77. The minimum Gasteiger partial charge on any atom is -0.353 e. The summed E-state index contributed by atoms with van der Waals surface area (Å²) in [5.41, 5.74) is 2.48. The number of hydrogen-bond acceptors (Lipinski definition) is 4. The molecule has 21 heavy (non-hydrogen) atoms. The molecule has 3 rings (SSSR count). The summed E-state index contributed by atoms with van der Waals surface area (Å²) in [5, 5.41) is 2.99. The summed E-state index contributed by atoms with van der Waals surface area (Å²) in [5.74, 6) is 1.99. The second kappa shape index (κ2) is 6.00. The highest BCUT2D eigenvalue weighted by Crippen LogP contribution is 2.30. The predicted molar refractivity (Wildman–Crippen MR) is 82.5 cm³/mol. The number of nitrogens with zero attached hydrogens (tertiary/aromatic N) is 3. The van der Waals surface area contributed by atoms with Crippen LogP contribution in [0.1, 0.15) is 49.7 Å². The molecule has 0 aromatic carbocycles. The van der Waals surface area contributed by atoms with E-state index in [1.807, 2.05) is 6.92 Å². The summed E-state index contributed by atoms with van der Waals surface area (Å²) < 4.78 is 0. The fraction of sp³-hybridized carbons (Fsp3) is 0.688. The maximum Gasteiger partial charge on any atom is 0.242 e. The lowest BCUT2D eigenvalue weighted by Crippen LogP contribution is -2.56. The van der Waals surface area contributed by atoms with Crippen molar-refractivity contribution in [2.75, 3.05) is 18.0 Å². The highest BCUT2D eigenvalue weighted by Gasteiger charge is 2.32. The Hall–Kier alpha value is -1.65. The lowest BCUT2D eigenvalue weighted by atomic mass is 9.95. The van der Waals surface area contributed by atoms with Gasteiger partial charge in [-0.2, -0.15) is 0 Å². The quantitative estimate of drug-likeness (QED) is 0.921. The zero-order chi connectivity index (χ0) is 14.8. The van der Waals surface area contributed by atoms with E-state index >= 15 is 0 Å². The van der Waals surface area contributed by atoms with E-state index in [4.69, 9.17) is 4.98 Å². The van der Waals surface area contributed by atoms with Gasteiger partial charge in [-0.3, -0.25) is 4.79 Å². The van der Waals surface area contributed by atoms with Gasteiger partial charge in [0.15, 0.2) is 0 Å². The average molecular weight is 288 g/mol. The first-order valence-electron chi connectivity index (χ1n) is 8.11. The monoisotopic (exact) mass is 288 g/mol. The first kappa shape index (κ1) is 14.3. The Morgan fingerprint density at radius 2 is 2.10 bits per heavy atom. The fourth-order valence-corrected chi connectivity index (χ4v) is 3.46. The number of piperazine rings is 1. The molecule has 1 fully saturated rings. The zero-order valence-corrected chi connectivity index (χ0v) is 13.0. The topological polar surface area (TPSA) is 58.1 Å². The summed E-state index contributed by atoms with van der Waals surface area (Å²) in [6.07, 6.45) is 6.38. The minimum atomic E-state index is -0.0796. The molecule has 1 N–H and O–H groups in total. The van der Waals surface area contributed by atoms with Crippen molar-refractivity contribution in [1.82, 2.24) is 15.3 Å². The molecule has 2 heterocycles. The van der Waals surface area contributed by atoms with Gasteiger partial charge in [-0.25, -0.2) is 9.97 Å². The molecule has 0 saturated carbocycles. The van der Waals surface area contributed by atoms with Crippen molar-refractivity contribution in [3.05, 3.63) is 17.1 Å². The summed E-state index contributed by atoms with van der Waals surface area (Å²) in [4.78, 5) is 23.8. The summed E-state index contributed by atoms with van der Waals surface area (Å²) in [6.45, 7) is 5.63. The number of fused-ring (bicyclic) bond motifs is 1. The largest absolute Gasteiger partial charge is 0.353 e. The lowest BCUT2D eigenvalue weighted by Gasteiger charge is -2.37. The number of aromatic nitrogens is 2. The maximum atomic E-state index is 12.2. The molecule has 1 aromatic heterocycles. The highest BCUT2D eigenvalue weighted by atomic mass is 16.2.